The minimum absolute atomic E-state index is 0.0350. The van der Waals surface area contributed by atoms with E-state index in [4.69, 9.17) is 18.9 Å². The molecule has 0 bridgehead atoms. The predicted octanol–water partition coefficient (Wildman–Crippen LogP) is 3.01. The third kappa shape index (κ3) is 4.81. The smallest absolute Gasteiger partial charge is 0.308 e. The van der Waals surface area contributed by atoms with Crippen LogP contribution in [0.4, 0.5) is 0 Å². The molecule has 25 heavy (non-hydrogen) atoms. The van der Waals surface area contributed by atoms with Gasteiger partial charge >= 0.3 is 5.97 Å². The van der Waals surface area contributed by atoms with E-state index in [0.717, 1.165) is 11.3 Å². The van der Waals surface area contributed by atoms with Crippen LogP contribution in [0.3, 0.4) is 0 Å². The van der Waals surface area contributed by atoms with Crippen LogP contribution in [-0.4, -0.2) is 43.3 Å². The van der Waals surface area contributed by atoms with Gasteiger partial charge in [-0.15, -0.1) is 6.58 Å². The Balaban J connectivity index is 2.10. The summed E-state index contributed by atoms with van der Waals surface area (Å²) in [7, 11) is 3.08. The van der Waals surface area contributed by atoms with Crippen molar-refractivity contribution in [3.8, 4) is 5.75 Å². The lowest BCUT2D eigenvalue weighted by molar-refractivity contribution is -0.296. The molecule has 1 heterocycles. The van der Waals surface area contributed by atoms with E-state index in [1.807, 2.05) is 31.2 Å². The lowest BCUT2D eigenvalue weighted by Crippen LogP contribution is -2.53. The highest BCUT2D eigenvalue weighted by Crippen LogP contribution is 2.38. The molecule has 0 radical (unpaired) electrons. The molecule has 1 aromatic rings. The fourth-order valence-electron chi connectivity index (χ4n) is 3.05. The molecule has 0 amide bonds. The second-order valence-electron chi connectivity index (χ2n) is 6.26. The van der Waals surface area contributed by atoms with E-state index < -0.39 is 11.8 Å². The van der Waals surface area contributed by atoms with E-state index >= 15 is 0 Å². The molecule has 1 saturated heterocycles. The first kappa shape index (κ1) is 19.4. The lowest BCUT2D eigenvalue weighted by Gasteiger charge is -2.45. The Hall–Kier alpha value is -1.89. The number of benzene rings is 1. The first-order chi connectivity index (χ1) is 11.9. The zero-order valence-electron chi connectivity index (χ0n) is 14.9. The second kappa shape index (κ2) is 8.47. The van der Waals surface area contributed by atoms with Crippen LogP contribution in [0.25, 0.3) is 0 Å². The van der Waals surface area contributed by atoms with Gasteiger partial charge in [0.05, 0.1) is 32.3 Å². The van der Waals surface area contributed by atoms with Crippen LogP contribution in [0.2, 0.25) is 0 Å². The van der Waals surface area contributed by atoms with Crippen molar-refractivity contribution in [1.29, 1.82) is 0 Å². The highest BCUT2D eigenvalue weighted by atomic mass is 16.7. The van der Waals surface area contributed by atoms with Crippen molar-refractivity contribution < 1.29 is 28.8 Å². The van der Waals surface area contributed by atoms with Crippen molar-refractivity contribution in [3.63, 3.8) is 0 Å². The van der Waals surface area contributed by atoms with Crippen LogP contribution in [0.15, 0.2) is 36.9 Å². The molecule has 1 aliphatic rings. The Morgan fingerprint density at radius 1 is 1.40 bits per heavy atom. The monoisotopic (exact) mass is 350 g/mol. The minimum atomic E-state index is -1.21. The molecular formula is C19H26O6. The summed E-state index contributed by atoms with van der Waals surface area (Å²) in [4.78, 5) is 11.2. The zero-order chi connectivity index (χ0) is 18.4. The molecule has 0 saturated carbocycles. The first-order valence-electron chi connectivity index (χ1n) is 8.25. The second-order valence-corrected chi connectivity index (χ2v) is 6.26. The summed E-state index contributed by atoms with van der Waals surface area (Å²) in [6.45, 7) is 6.21. The van der Waals surface area contributed by atoms with Crippen LogP contribution in [0.1, 0.15) is 25.3 Å². The van der Waals surface area contributed by atoms with Gasteiger partial charge in [-0.25, -0.2) is 0 Å². The van der Waals surface area contributed by atoms with Crippen LogP contribution in [0, 0.1) is 5.92 Å². The maximum absolute atomic E-state index is 11.2. The van der Waals surface area contributed by atoms with Gasteiger partial charge in [-0.1, -0.05) is 25.1 Å². The average molecular weight is 350 g/mol. The Morgan fingerprint density at radius 2 is 2.08 bits per heavy atom. The number of carbonyl (C=O) groups is 1. The summed E-state index contributed by atoms with van der Waals surface area (Å²) in [5.74, 6) is -1.36. The number of carboxylic acids is 1. The molecule has 1 aliphatic heterocycles. The van der Waals surface area contributed by atoms with Gasteiger partial charge in [0.25, 0.3) is 0 Å². The SMILES string of the molecule is C=C[C@@H]1O[C@@](CC(=O)O)(OC)C[C@H](OCc2ccc(OC)cc2)[C@H]1C. The predicted molar refractivity (Wildman–Crippen MR) is 92.4 cm³/mol. The van der Waals surface area contributed by atoms with Crippen molar-refractivity contribution in [2.75, 3.05) is 14.2 Å². The van der Waals surface area contributed by atoms with E-state index in [1.54, 1.807) is 13.2 Å². The highest BCUT2D eigenvalue weighted by molar-refractivity contribution is 5.67. The van der Waals surface area contributed by atoms with Crippen molar-refractivity contribution >= 4 is 5.97 Å². The van der Waals surface area contributed by atoms with E-state index in [0.29, 0.717) is 13.0 Å². The van der Waals surface area contributed by atoms with E-state index in [2.05, 4.69) is 6.58 Å². The first-order valence-corrected chi connectivity index (χ1v) is 8.25. The number of hydrogen-bond acceptors (Lipinski definition) is 5. The maximum atomic E-state index is 11.2. The van der Waals surface area contributed by atoms with Gasteiger partial charge in [-0.3, -0.25) is 4.79 Å². The summed E-state index contributed by atoms with van der Waals surface area (Å²) in [6.07, 6.45) is 1.22. The van der Waals surface area contributed by atoms with E-state index in [-0.39, 0.29) is 24.5 Å². The van der Waals surface area contributed by atoms with Gasteiger partial charge in [-0.05, 0) is 17.7 Å². The summed E-state index contributed by atoms with van der Waals surface area (Å²) in [6, 6.07) is 7.63. The third-order valence-corrected chi connectivity index (χ3v) is 4.62. The standard InChI is InChI=1S/C19H26O6/c1-5-16-13(2)17(10-19(23-4,25-16)11-18(20)21)24-12-14-6-8-15(22-3)9-7-14/h5-9,13,16-17H,1,10-12H2,2-4H3,(H,20,21)/t13-,16-,17-,19-/m0/s1. The molecule has 0 unspecified atom stereocenters. The fourth-order valence-corrected chi connectivity index (χ4v) is 3.05. The Labute approximate surface area is 148 Å². The molecule has 0 spiro atoms. The summed E-state index contributed by atoms with van der Waals surface area (Å²) in [5, 5.41) is 9.19. The van der Waals surface area contributed by atoms with E-state index in [9.17, 15) is 9.90 Å². The Morgan fingerprint density at radius 3 is 2.60 bits per heavy atom. The molecule has 4 atom stereocenters. The number of aliphatic carboxylic acids is 1. The molecular weight excluding hydrogens is 324 g/mol. The van der Waals surface area contributed by atoms with Crippen molar-refractivity contribution in [2.24, 2.45) is 5.92 Å². The van der Waals surface area contributed by atoms with Gasteiger partial charge in [0.2, 0.25) is 0 Å². The van der Waals surface area contributed by atoms with Crippen LogP contribution in [-0.2, 0) is 25.6 Å². The minimum Gasteiger partial charge on any atom is -0.497 e. The normalized spacial score (nSPS) is 29.2. The van der Waals surface area contributed by atoms with E-state index in [1.165, 1.54) is 7.11 Å². The molecule has 0 aromatic heterocycles. The van der Waals surface area contributed by atoms with Crippen molar-refractivity contribution in [1.82, 2.24) is 0 Å². The quantitative estimate of drug-likeness (QED) is 0.727. The number of carboxylic acid groups (broad SMARTS) is 1. The Kier molecular flexibility index (Phi) is 6.58. The van der Waals surface area contributed by atoms with Crippen LogP contribution >= 0.6 is 0 Å². The van der Waals surface area contributed by atoms with Crippen molar-refractivity contribution in [3.05, 3.63) is 42.5 Å². The molecule has 0 aliphatic carbocycles. The van der Waals surface area contributed by atoms with Gasteiger partial charge in [0.1, 0.15) is 5.75 Å². The molecule has 1 aromatic carbocycles. The van der Waals surface area contributed by atoms with Gasteiger partial charge in [0, 0.05) is 19.4 Å². The lowest BCUT2D eigenvalue weighted by atomic mass is 9.87. The molecule has 6 nitrogen and oxygen atoms in total. The topological polar surface area (TPSA) is 74.2 Å². The molecule has 1 fully saturated rings. The molecule has 6 heteroatoms. The van der Waals surface area contributed by atoms with Gasteiger partial charge < -0.3 is 24.1 Å². The number of ether oxygens (including phenoxy) is 4. The highest BCUT2D eigenvalue weighted by Gasteiger charge is 2.46. The number of rotatable bonds is 8. The summed E-state index contributed by atoms with van der Waals surface area (Å²) >= 11 is 0. The number of hydrogen-bond donors (Lipinski definition) is 1. The molecule has 138 valence electrons. The van der Waals surface area contributed by atoms with Crippen molar-refractivity contribution in [2.45, 2.75) is 44.4 Å². The fraction of sp³-hybridized carbons (Fsp3) is 0.526. The van der Waals surface area contributed by atoms with Gasteiger partial charge in [0.15, 0.2) is 5.79 Å². The van der Waals surface area contributed by atoms with Gasteiger partial charge in [-0.2, -0.15) is 0 Å². The zero-order valence-corrected chi connectivity index (χ0v) is 14.9. The van der Waals surface area contributed by atoms with Crippen LogP contribution < -0.4 is 4.74 Å². The number of methoxy groups -OCH3 is 2. The average Bonchev–Trinajstić information content (AvgIpc) is 2.62. The molecule has 1 N–H and O–H groups in total. The van der Waals surface area contributed by atoms with Crippen LogP contribution in [0.5, 0.6) is 5.75 Å². The summed E-state index contributed by atoms with van der Waals surface area (Å²) in [5.41, 5.74) is 1.01. The Bertz CT molecular complexity index is 584. The third-order valence-electron chi connectivity index (χ3n) is 4.62. The largest absolute Gasteiger partial charge is 0.497 e. The summed E-state index contributed by atoms with van der Waals surface area (Å²) < 4.78 is 22.6. The molecule has 2 rings (SSSR count). The maximum Gasteiger partial charge on any atom is 0.308 e.